The minimum absolute atomic E-state index is 0.335. The molecule has 0 saturated carbocycles. The van der Waals surface area contributed by atoms with E-state index in [1.165, 1.54) is 5.56 Å². The molecule has 1 nitrogen and oxygen atoms in total. The predicted molar refractivity (Wildman–Crippen MR) is 84.1 cm³/mol. The van der Waals surface area contributed by atoms with Gasteiger partial charge in [0, 0.05) is 17.8 Å². The molecule has 0 aliphatic carbocycles. The number of halogens is 4. The Morgan fingerprint density at radius 2 is 1.68 bits per heavy atom. The molecule has 0 radical (unpaired) electrons. The van der Waals surface area contributed by atoms with Crippen molar-refractivity contribution in [3.05, 3.63) is 49.9 Å². The first kappa shape index (κ1) is 13.4. The summed E-state index contributed by atoms with van der Waals surface area (Å²) in [5.74, 6) is 0. The first-order chi connectivity index (χ1) is 9.08. The van der Waals surface area contributed by atoms with E-state index in [2.05, 4.69) is 11.4 Å². The van der Waals surface area contributed by atoms with Gasteiger partial charge in [-0.3, -0.25) is 0 Å². The van der Waals surface area contributed by atoms with Crippen molar-refractivity contribution in [2.75, 3.05) is 11.9 Å². The lowest BCUT2D eigenvalue weighted by molar-refractivity contribution is 1.11. The number of benzene rings is 2. The molecule has 1 aliphatic rings. The quantitative estimate of drug-likeness (QED) is 0.503. The molecule has 0 saturated heterocycles. The highest BCUT2D eigenvalue weighted by Gasteiger charge is 2.17. The van der Waals surface area contributed by atoms with Crippen LogP contribution in [0.2, 0.25) is 20.1 Å². The fraction of sp³-hybridized carbons (Fsp3) is 0.143. The highest BCUT2D eigenvalue weighted by Crippen LogP contribution is 2.43. The van der Waals surface area contributed by atoms with Crippen molar-refractivity contribution >= 4 is 52.1 Å². The van der Waals surface area contributed by atoms with Gasteiger partial charge in [-0.15, -0.1) is 0 Å². The molecule has 0 spiro atoms. The number of rotatable bonds is 1. The Morgan fingerprint density at radius 3 is 2.47 bits per heavy atom. The molecule has 0 atom stereocenters. The first-order valence-electron chi connectivity index (χ1n) is 5.78. The second-order valence-electron chi connectivity index (χ2n) is 4.39. The van der Waals surface area contributed by atoms with Crippen LogP contribution in [0.25, 0.3) is 11.1 Å². The van der Waals surface area contributed by atoms with Crippen molar-refractivity contribution in [3.63, 3.8) is 0 Å². The maximum absolute atomic E-state index is 6.27. The Balaban J connectivity index is 2.20. The van der Waals surface area contributed by atoms with Crippen molar-refractivity contribution in [1.29, 1.82) is 0 Å². The molecule has 0 unspecified atom stereocenters. The molecule has 0 aromatic heterocycles. The molecule has 98 valence electrons. The lowest BCUT2D eigenvalue weighted by atomic mass is 10.0. The van der Waals surface area contributed by atoms with E-state index < -0.39 is 0 Å². The van der Waals surface area contributed by atoms with Crippen LogP contribution in [0.4, 0.5) is 5.69 Å². The number of hydrogen-bond acceptors (Lipinski definition) is 1. The fourth-order valence-electron chi connectivity index (χ4n) is 2.29. The second kappa shape index (κ2) is 5.06. The molecule has 2 aromatic carbocycles. The summed E-state index contributed by atoms with van der Waals surface area (Å²) in [4.78, 5) is 0. The van der Waals surface area contributed by atoms with Gasteiger partial charge in [0.25, 0.3) is 0 Å². The molecule has 0 amide bonds. The second-order valence-corrected chi connectivity index (χ2v) is 5.96. The van der Waals surface area contributed by atoms with Gasteiger partial charge in [0.2, 0.25) is 0 Å². The molecule has 1 heterocycles. The SMILES string of the molecule is Clc1cc(Cl)c(-c2ccc3c(c2)CCN3)c(Cl)c1Cl. The van der Waals surface area contributed by atoms with Crippen LogP contribution in [0.1, 0.15) is 5.56 Å². The lowest BCUT2D eigenvalue weighted by Gasteiger charge is -2.11. The Hall–Kier alpha value is -0.600. The highest BCUT2D eigenvalue weighted by atomic mass is 35.5. The zero-order valence-corrected chi connectivity index (χ0v) is 12.8. The fourth-order valence-corrected chi connectivity index (χ4v) is 3.42. The first-order valence-corrected chi connectivity index (χ1v) is 7.29. The largest absolute Gasteiger partial charge is 0.384 e. The van der Waals surface area contributed by atoms with Crippen LogP contribution in [0, 0.1) is 0 Å². The zero-order valence-electron chi connectivity index (χ0n) is 9.74. The van der Waals surface area contributed by atoms with Gasteiger partial charge in [-0.2, -0.15) is 0 Å². The minimum Gasteiger partial charge on any atom is -0.384 e. The van der Waals surface area contributed by atoms with E-state index in [0.29, 0.717) is 20.1 Å². The van der Waals surface area contributed by atoms with Crippen LogP contribution < -0.4 is 5.32 Å². The van der Waals surface area contributed by atoms with Crippen LogP contribution in [0.3, 0.4) is 0 Å². The van der Waals surface area contributed by atoms with Gasteiger partial charge in [0.05, 0.1) is 20.1 Å². The number of fused-ring (bicyclic) bond motifs is 1. The summed E-state index contributed by atoms with van der Waals surface area (Å²) in [6, 6.07) is 7.73. The van der Waals surface area contributed by atoms with E-state index in [0.717, 1.165) is 29.8 Å². The average Bonchev–Trinajstić information content (AvgIpc) is 2.83. The summed E-state index contributed by atoms with van der Waals surface area (Å²) < 4.78 is 0. The smallest absolute Gasteiger partial charge is 0.0785 e. The maximum Gasteiger partial charge on any atom is 0.0785 e. The summed E-state index contributed by atoms with van der Waals surface area (Å²) in [5, 5.41) is 4.91. The summed E-state index contributed by atoms with van der Waals surface area (Å²) in [7, 11) is 0. The number of hydrogen-bond donors (Lipinski definition) is 1. The van der Waals surface area contributed by atoms with Gasteiger partial charge >= 0.3 is 0 Å². The van der Waals surface area contributed by atoms with Gasteiger partial charge in [-0.05, 0) is 35.7 Å². The van der Waals surface area contributed by atoms with E-state index in [9.17, 15) is 0 Å². The molecular formula is C14H9Cl4N. The monoisotopic (exact) mass is 331 g/mol. The summed E-state index contributed by atoms with van der Waals surface area (Å²) in [6.07, 6.45) is 1.000. The van der Waals surface area contributed by atoms with E-state index >= 15 is 0 Å². The maximum atomic E-state index is 6.27. The zero-order chi connectivity index (χ0) is 13.6. The third kappa shape index (κ3) is 2.30. The molecule has 1 aliphatic heterocycles. The third-order valence-corrected chi connectivity index (χ3v) is 4.78. The molecular weight excluding hydrogens is 324 g/mol. The van der Waals surface area contributed by atoms with Crippen molar-refractivity contribution in [2.24, 2.45) is 0 Å². The lowest BCUT2D eigenvalue weighted by Crippen LogP contribution is -1.90. The Kier molecular flexibility index (Phi) is 3.57. The highest BCUT2D eigenvalue weighted by molar-refractivity contribution is 6.51. The van der Waals surface area contributed by atoms with Crippen molar-refractivity contribution in [3.8, 4) is 11.1 Å². The van der Waals surface area contributed by atoms with Gasteiger partial charge in [-0.1, -0.05) is 52.5 Å². The minimum atomic E-state index is 0.335. The molecule has 0 fully saturated rings. The summed E-state index contributed by atoms with van der Waals surface area (Å²) in [5.41, 5.74) is 4.11. The molecule has 1 N–H and O–H groups in total. The predicted octanol–water partition coefficient (Wildman–Crippen LogP) is 5.94. The van der Waals surface area contributed by atoms with Crippen molar-refractivity contribution < 1.29 is 0 Å². The van der Waals surface area contributed by atoms with Crippen LogP contribution in [0.5, 0.6) is 0 Å². The Labute approximate surface area is 131 Å². The molecule has 5 heteroatoms. The molecule has 0 bridgehead atoms. The normalized spacial score (nSPS) is 13.3. The molecule has 3 rings (SSSR count). The molecule has 2 aromatic rings. The van der Waals surface area contributed by atoms with Gasteiger partial charge in [-0.25, -0.2) is 0 Å². The van der Waals surface area contributed by atoms with E-state index in [1.54, 1.807) is 6.07 Å². The summed E-state index contributed by atoms with van der Waals surface area (Å²) >= 11 is 24.6. The van der Waals surface area contributed by atoms with Crippen LogP contribution in [-0.2, 0) is 6.42 Å². The van der Waals surface area contributed by atoms with Gasteiger partial charge < -0.3 is 5.32 Å². The average molecular weight is 333 g/mol. The number of nitrogens with one attached hydrogen (secondary N) is 1. The Bertz CT molecular complexity index is 667. The summed E-state index contributed by atoms with van der Waals surface area (Å²) in [6.45, 7) is 0.960. The molecule has 19 heavy (non-hydrogen) atoms. The number of anilines is 1. The van der Waals surface area contributed by atoms with E-state index in [1.807, 2.05) is 12.1 Å². The van der Waals surface area contributed by atoms with Crippen LogP contribution in [-0.4, -0.2) is 6.54 Å². The van der Waals surface area contributed by atoms with Crippen molar-refractivity contribution in [2.45, 2.75) is 6.42 Å². The third-order valence-electron chi connectivity index (χ3n) is 3.22. The van der Waals surface area contributed by atoms with Crippen molar-refractivity contribution in [1.82, 2.24) is 0 Å². The van der Waals surface area contributed by atoms with Crippen LogP contribution in [0.15, 0.2) is 24.3 Å². The van der Waals surface area contributed by atoms with Gasteiger partial charge in [0.1, 0.15) is 0 Å². The topological polar surface area (TPSA) is 12.0 Å². The standard InChI is InChI=1S/C14H9Cl4N/c15-9-6-10(16)13(17)14(18)12(9)8-1-2-11-7(5-8)3-4-19-11/h1-2,5-6,19H,3-4H2. The van der Waals surface area contributed by atoms with Crippen LogP contribution >= 0.6 is 46.4 Å². The van der Waals surface area contributed by atoms with E-state index in [-0.39, 0.29) is 0 Å². The van der Waals surface area contributed by atoms with E-state index in [4.69, 9.17) is 46.4 Å². The Morgan fingerprint density at radius 1 is 0.895 bits per heavy atom. The van der Waals surface area contributed by atoms with Gasteiger partial charge in [0.15, 0.2) is 0 Å².